The number of ether oxygens (including phenoxy) is 2. The van der Waals surface area contributed by atoms with E-state index in [1.54, 1.807) is 24.3 Å². The summed E-state index contributed by atoms with van der Waals surface area (Å²) in [6.45, 7) is 9.02. The molecule has 7 nitrogen and oxygen atoms in total. The van der Waals surface area contributed by atoms with Crippen molar-refractivity contribution >= 4 is 15.8 Å². The fourth-order valence-electron chi connectivity index (χ4n) is 2.93. The standard InChI is InChI=1S/C23H33N3O4S/c1-5-24-23(26-17-19-8-11-20(12-9-19)31(4,27)28)25-15-14-18-10-13-21(29-6-2)22(16-18)30-7-3/h8-13,16H,5-7,14-15,17H2,1-4H3,(H2,24,25,26). The lowest BCUT2D eigenvalue weighted by molar-refractivity contribution is 0.287. The molecule has 0 amide bonds. The van der Waals surface area contributed by atoms with Crippen LogP contribution in [0.1, 0.15) is 31.9 Å². The summed E-state index contributed by atoms with van der Waals surface area (Å²) < 4.78 is 34.5. The van der Waals surface area contributed by atoms with E-state index in [-0.39, 0.29) is 0 Å². The third-order valence-corrected chi connectivity index (χ3v) is 5.56. The topological polar surface area (TPSA) is 89.0 Å². The van der Waals surface area contributed by atoms with Gasteiger partial charge in [-0.15, -0.1) is 0 Å². The molecule has 2 aromatic carbocycles. The predicted molar refractivity (Wildman–Crippen MR) is 125 cm³/mol. The number of sulfone groups is 1. The van der Waals surface area contributed by atoms with Gasteiger partial charge in [0.05, 0.1) is 24.7 Å². The predicted octanol–water partition coefficient (Wildman–Crippen LogP) is 3.19. The zero-order chi connectivity index (χ0) is 22.7. The van der Waals surface area contributed by atoms with Crippen LogP contribution in [0.25, 0.3) is 0 Å². The number of benzene rings is 2. The van der Waals surface area contributed by atoms with Gasteiger partial charge in [-0.25, -0.2) is 13.4 Å². The smallest absolute Gasteiger partial charge is 0.191 e. The van der Waals surface area contributed by atoms with Gasteiger partial charge in [0.25, 0.3) is 0 Å². The Morgan fingerprint density at radius 1 is 0.903 bits per heavy atom. The Labute approximate surface area is 185 Å². The van der Waals surface area contributed by atoms with Gasteiger partial charge in [0.1, 0.15) is 0 Å². The summed E-state index contributed by atoms with van der Waals surface area (Å²) in [5, 5.41) is 6.57. The lowest BCUT2D eigenvalue weighted by Gasteiger charge is -2.14. The molecule has 31 heavy (non-hydrogen) atoms. The third-order valence-electron chi connectivity index (χ3n) is 4.43. The SMILES string of the molecule is CCNC(=NCc1ccc(S(C)(=O)=O)cc1)NCCc1ccc(OCC)c(OCC)c1. The highest BCUT2D eigenvalue weighted by atomic mass is 32.2. The Morgan fingerprint density at radius 2 is 1.55 bits per heavy atom. The van der Waals surface area contributed by atoms with E-state index in [0.29, 0.717) is 37.2 Å². The summed E-state index contributed by atoms with van der Waals surface area (Å²) in [4.78, 5) is 4.90. The maximum absolute atomic E-state index is 11.6. The summed E-state index contributed by atoms with van der Waals surface area (Å²) >= 11 is 0. The van der Waals surface area contributed by atoms with Crippen LogP contribution in [-0.2, 0) is 22.8 Å². The van der Waals surface area contributed by atoms with Crippen LogP contribution in [0.2, 0.25) is 0 Å². The number of nitrogens with zero attached hydrogens (tertiary/aromatic N) is 1. The van der Waals surface area contributed by atoms with Crippen molar-refractivity contribution in [2.75, 3.05) is 32.6 Å². The Hall–Kier alpha value is -2.74. The maximum Gasteiger partial charge on any atom is 0.191 e. The minimum absolute atomic E-state index is 0.312. The first kappa shape index (κ1) is 24.5. The molecule has 0 heterocycles. The van der Waals surface area contributed by atoms with E-state index in [0.717, 1.165) is 35.6 Å². The van der Waals surface area contributed by atoms with E-state index in [4.69, 9.17) is 9.47 Å². The Bertz CT molecular complexity index is 957. The molecule has 8 heteroatoms. The molecule has 0 unspecified atom stereocenters. The molecule has 2 rings (SSSR count). The van der Waals surface area contributed by atoms with Gasteiger partial charge in [-0.1, -0.05) is 18.2 Å². The van der Waals surface area contributed by atoms with Gasteiger partial charge in [0.2, 0.25) is 0 Å². The van der Waals surface area contributed by atoms with Crippen LogP contribution in [0.3, 0.4) is 0 Å². The van der Waals surface area contributed by atoms with Crippen molar-refractivity contribution in [3.05, 3.63) is 53.6 Å². The highest BCUT2D eigenvalue weighted by Gasteiger charge is 2.08. The van der Waals surface area contributed by atoms with Crippen molar-refractivity contribution in [3.63, 3.8) is 0 Å². The molecule has 0 saturated heterocycles. The summed E-state index contributed by atoms with van der Waals surface area (Å²) in [6.07, 6.45) is 2.01. The molecule has 170 valence electrons. The first-order valence-electron chi connectivity index (χ1n) is 10.6. The van der Waals surface area contributed by atoms with Crippen LogP contribution in [0, 0.1) is 0 Å². The first-order valence-corrected chi connectivity index (χ1v) is 12.5. The summed E-state index contributed by atoms with van der Waals surface area (Å²) in [5.74, 6) is 2.24. The molecule has 0 aromatic heterocycles. The molecule has 0 aliphatic rings. The second kappa shape index (κ2) is 12.2. The number of rotatable bonds is 11. The molecule has 0 saturated carbocycles. The Morgan fingerprint density at radius 3 is 2.16 bits per heavy atom. The molecular weight excluding hydrogens is 414 g/mol. The summed E-state index contributed by atoms with van der Waals surface area (Å²) in [6, 6.07) is 12.8. The quantitative estimate of drug-likeness (QED) is 0.406. The number of nitrogens with one attached hydrogen (secondary N) is 2. The molecule has 0 radical (unpaired) electrons. The van der Waals surface area contributed by atoms with Crippen LogP contribution in [0.5, 0.6) is 11.5 Å². The van der Waals surface area contributed by atoms with E-state index < -0.39 is 9.84 Å². The lowest BCUT2D eigenvalue weighted by Crippen LogP contribution is -2.38. The molecule has 0 aliphatic carbocycles. The van der Waals surface area contributed by atoms with Crippen molar-refractivity contribution in [2.24, 2.45) is 4.99 Å². The minimum Gasteiger partial charge on any atom is -0.490 e. The number of hydrogen-bond donors (Lipinski definition) is 2. The zero-order valence-corrected chi connectivity index (χ0v) is 19.6. The van der Waals surface area contributed by atoms with Gasteiger partial charge in [0, 0.05) is 19.3 Å². The number of guanidine groups is 1. The molecular formula is C23H33N3O4S. The van der Waals surface area contributed by atoms with Crippen LogP contribution >= 0.6 is 0 Å². The molecule has 0 spiro atoms. The Kier molecular flexibility index (Phi) is 9.65. The van der Waals surface area contributed by atoms with E-state index in [2.05, 4.69) is 15.6 Å². The summed E-state index contributed by atoms with van der Waals surface area (Å²) in [7, 11) is -3.19. The van der Waals surface area contributed by atoms with Crippen LogP contribution in [0.15, 0.2) is 52.4 Å². The maximum atomic E-state index is 11.6. The number of aliphatic imine (C=N–C) groups is 1. The average Bonchev–Trinajstić information content (AvgIpc) is 2.74. The second-order valence-corrected chi connectivity index (χ2v) is 8.95. The Balaban J connectivity index is 1.96. The molecule has 2 N–H and O–H groups in total. The van der Waals surface area contributed by atoms with Gasteiger partial charge in [0.15, 0.2) is 27.3 Å². The lowest BCUT2D eigenvalue weighted by atomic mass is 10.1. The third kappa shape index (κ3) is 8.13. The monoisotopic (exact) mass is 447 g/mol. The van der Waals surface area contributed by atoms with Gasteiger partial charge in [-0.3, -0.25) is 0 Å². The molecule has 0 bridgehead atoms. The largest absolute Gasteiger partial charge is 0.490 e. The van der Waals surface area contributed by atoms with Gasteiger partial charge in [-0.2, -0.15) is 0 Å². The molecule has 0 fully saturated rings. The first-order chi connectivity index (χ1) is 14.9. The summed E-state index contributed by atoms with van der Waals surface area (Å²) in [5.41, 5.74) is 2.09. The fraction of sp³-hybridized carbons (Fsp3) is 0.435. The minimum atomic E-state index is -3.19. The van der Waals surface area contributed by atoms with Crippen LogP contribution < -0.4 is 20.1 Å². The zero-order valence-electron chi connectivity index (χ0n) is 18.8. The van der Waals surface area contributed by atoms with E-state index in [1.165, 1.54) is 6.26 Å². The average molecular weight is 448 g/mol. The van der Waals surface area contributed by atoms with Gasteiger partial charge < -0.3 is 20.1 Å². The van der Waals surface area contributed by atoms with Crippen molar-refractivity contribution in [1.82, 2.24) is 10.6 Å². The number of hydrogen-bond acceptors (Lipinski definition) is 5. The fourth-order valence-corrected chi connectivity index (χ4v) is 3.56. The molecule has 0 aliphatic heterocycles. The molecule has 0 atom stereocenters. The van der Waals surface area contributed by atoms with E-state index in [9.17, 15) is 8.42 Å². The van der Waals surface area contributed by atoms with E-state index >= 15 is 0 Å². The van der Waals surface area contributed by atoms with Crippen molar-refractivity contribution in [3.8, 4) is 11.5 Å². The van der Waals surface area contributed by atoms with Crippen LogP contribution in [-0.4, -0.2) is 46.9 Å². The second-order valence-electron chi connectivity index (χ2n) is 6.94. The van der Waals surface area contributed by atoms with Crippen LogP contribution in [0.4, 0.5) is 0 Å². The van der Waals surface area contributed by atoms with Gasteiger partial charge in [-0.05, 0) is 62.6 Å². The highest BCUT2D eigenvalue weighted by Crippen LogP contribution is 2.28. The molecule has 2 aromatic rings. The van der Waals surface area contributed by atoms with Crippen molar-refractivity contribution in [1.29, 1.82) is 0 Å². The van der Waals surface area contributed by atoms with Gasteiger partial charge >= 0.3 is 0 Å². The van der Waals surface area contributed by atoms with Crippen molar-refractivity contribution in [2.45, 2.75) is 38.6 Å². The highest BCUT2D eigenvalue weighted by molar-refractivity contribution is 7.90. The normalized spacial score (nSPS) is 11.8. The van der Waals surface area contributed by atoms with E-state index in [1.807, 2.05) is 39.0 Å². The van der Waals surface area contributed by atoms with Crippen molar-refractivity contribution < 1.29 is 17.9 Å².